The molecule has 2 heterocycles. The van der Waals surface area contributed by atoms with Gasteiger partial charge in [0, 0.05) is 44.4 Å². The van der Waals surface area contributed by atoms with E-state index in [1.54, 1.807) is 6.92 Å². The summed E-state index contributed by atoms with van der Waals surface area (Å²) in [4.78, 5) is 21.8. The molecular weight excluding hydrogens is 324 g/mol. The molecule has 25 heavy (non-hydrogen) atoms. The van der Waals surface area contributed by atoms with Crippen molar-refractivity contribution in [2.45, 2.75) is 46.5 Å². The van der Waals surface area contributed by atoms with Gasteiger partial charge in [0.15, 0.2) is 5.82 Å². The molecule has 1 saturated heterocycles. The Hall–Kier alpha value is -2.11. The maximum absolute atomic E-state index is 13.4. The number of allylic oxidation sites excluding steroid dienone is 1. The summed E-state index contributed by atoms with van der Waals surface area (Å²) in [6.45, 7) is 7.84. The minimum absolute atomic E-state index is 0.0980. The quantitative estimate of drug-likeness (QED) is 0.752. The summed E-state index contributed by atoms with van der Waals surface area (Å²) >= 11 is 0. The number of rotatable bonds is 4. The molecule has 1 aromatic heterocycles. The Balaban J connectivity index is 2.14. The maximum Gasteiger partial charge on any atom is 0.270 e. The van der Waals surface area contributed by atoms with Crippen LogP contribution in [0.3, 0.4) is 0 Å². The van der Waals surface area contributed by atoms with Crippen LogP contribution in [0.1, 0.15) is 46.1 Å². The number of hydrogen-bond acceptors (Lipinski definition) is 3. The molecule has 136 valence electrons. The van der Waals surface area contributed by atoms with Crippen molar-refractivity contribution in [2.75, 3.05) is 13.1 Å². The Bertz CT molecular complexity index is 692. The summed E-state index contributed by atoms with van der Waals surface area (Å²) < 4.78 is 26.8. The summed E-state index contributed by atoms with van der Waals surface area (Å²) in [5.41, 5.74) is 1.75. The summed E-state index contributed by atoms with van der Waals surface area (Å²) in [5, 5.41) is 0. The van der Waals surface area contributed by atoms with E-state index < -0.39 is 5.92 Å². The molecule has 6 heteroatoms. The van der Waals surface area contributed by atoms with E-state index in [1.165, 1.54) is 18.3 Å². The number of nitrogens with zero attached hydrogens (tertiary/aromatic N) is 3. The van der Waals surface area contributed by atoms with Gasteiger partial charge < -0.3 is 4.90 Å². The third kappa shape index (κ3) is 5.44. The van der Waals surface area contributed by atoms with Crippen molar-refractivity contribution < 1.29 is 13.6 Å². The van der Waals surface area contributed by atoms with Crippen LogP contribution >= 0.6 is 0 Å². The molecule has 0 radical (unpaired) electrons. The molecule has 1 amide bonds. The van der Waals surface area contributed by atoms with Gasteiger partial charge in [-0.05, 0) is 50.8 Å². The number of amides is 1. The van der Waals surface area contributed by atoms with Gasteiger partial charge in [-0.15, -0.1) is 0 Å². The van der Waals surface area contributed by atoms with E-state index in [0.29, 0.717) is 11.6 Å². The first-order valence-electron chi connectivity index (χ1n) is 8.50. The number of pyridine rings is 1. The second kappa shape index (κ2) is 7.85. The van der Waals surface area contributed by atoms with Crippen LogP contribution in [0.15, 0.2) is 35.0 Å². The average Bonchev–Trinajstić information content (AvgIpc) is 2.54. The van der Waals surface area contributed by atoms with Gasteiger partial charge in [-0.1, -0.05) is 5.57 Å². The first kappa shape index (κ1) is 19.2. The Morgan fingerprint density at radius 2 is 2.12 bits per heavy atom. The number of piperidine rings is 1. The number of alkyl halides is 2. The predicted octanol–water partition coefficient (Wildman–Crippen LogP) is 4.49. The van der Waals surface area contributed by atoms with Gasteiger partial charge >= 0.3 is 0 Å². The third-order valence-corrected chi connectivity index (χ3v) is 4.49. The zero-order chi connectivity index (χ0) is 18.6. The Morgan fingerprint density at radius 3 is 2.76 bits per heavy atom. The van der Waals surface area contributed by atoms with Crippen molar-refractivity contribution in [1.29, 1.82) is 0 Å². The molecule has 0 saturated carbocycles. The van der Waals surface area contributed by atoms with Crippen LogP contribution in [-0.4, -0.2) is 34.6 Å². The minimum atomic E-state index is -2.91. The van der Waals surface area contributed by atoms with Gasteiger partial charge in [-0.2, -0.15) is 0 Å². The molecule has 1 aliphatic rings. The molecule has 1 aromatic rings. The fourth-order valence-electron chi connectivity index (χ4n) is 3.05. The van der Waals surface area contributed by atoms with Crippen molar-refractivity contribution in [3.8, 4) is 0 Å². The summed E-state index contributed by atoms with van der Waals surface area (Å²) in [6, 6.07) is 2.61. The number of aliphatic imine (C=N–C) groups is 1. The van der Waals surface area contributed by atoms with Gasteiger partial charge in [0.2, 0.25) is 5.91 Å². The van der Waals surface area contributed by atoms with Gasteiger partial charge in [0.25, 0.3) is 5.92 Å². The van der Waals surface area contributed by atoms with Crippen LogP contribution in [0.25, 0.3) is 0 Å². The van der Waals surface area contributed by atoms with E-state index in [-0.39, 0.29) is 17.3 Å². The molecule has 0 spiro atoms. The number of carbonyl (C=O) groups is 1. The van der Waals surface area contributed by atoms with Gasteiger partial charge in [0.1, 0.15) is 0 Å². The van der Waals surface area contributed by atoms with Crippen LogP contribution in [0.5, 0.6) is 0 Å². The number of likely N-dealkylation sites (tertiary alicyclic amines) is 1. The summed E-state index contributed by atoms with van der Waals surface area (Å²) in [5.74, 6) is -2.23. The molecule has 2 rings (SSSR count). The number of carbonyl (C=O) groups excluding carboxylic acids is 1. The minimum Gasteiger partial charge on any atom is -0.342 e. The highest BCUT2D eigenvalue weighted by atomic mass is 19.3. The largest absolute Gasteiger partial charge is 0.342 e. The summed E-state index contributed by atoms with van der Waals surface area (Å²) in [6.07, 6.45) is 5.32. The smallest absolute Gasteiger partial charge is 0.270 e. The van der Waals surface area contributed by atoms with Crippen LogP contribution < -0.4 is 0 Å². The second-order valence-electron chi connectivity index (χ2n) is 6.74. The average molecular weight is 349 g/mol. The number of aromatic nitrogens is 1. The van der Waals surface area contributed by atoms with Gasteiger partial charge in [-0.25, -0.2) is 18.8 Å². The molecule has 0 N–H and O–H groups in total. The molecule has 1 fully saturated rings. The highest BCUT2D eigenvalue weighted by molar-refractivity contribution is 5.95. The molecule has 1 aliphatic heterocycles. The highest BCUT2D eigenvalue weighted by Gasteiger charge is 2.25. The van der Waals surface area contributed by atoms with E-state index in [1.807, 2.05) is 24.8 Å². The lowest BCUT2D eigenvalue weighted by atomic mass is 9.90. The van der Waals surface area contributed by atoms with Crippen LogP contribution in [-0.2, 0) is 10.7 Å². The van der Waals surface area contributed by atoms with Crippen LogP contribution in [0.4, 0.5) is 14.6 Å². The first-order valence-corrected chi connectivity index (χ1v) is 8.50. The van der Waals surface area contributed by atoms with Crippen LogP contribution in [0, 0.1) is 5.92 Å². The lowest BCUT2D eigenvalue weighted by Gasteiger charge is -2.32. The van der Waals surface area contributed by atoms with Crippen molar-refractivity contribution in [2.24, 2.45) is 10.9 Å². The molecule has 0 aromatic carbocycles. The lowest BCUT2D eigenvalue weighted by molar-refractivity contribution is -0.130. The zero-order valence-electron chi connectivity index (χ0n) is 15.2. The molecule has 1 atom stereocenters. The molecule has 1 unspecified atom stereocenters. The van der Waals surface area contributed by atoms with Crippen LogP contribution in [0.2, 0.25) is 0 Å². The molecule has 4 nitrogen and oxygen atoms in total. The predicted molar refractivity (Wildman–Crippen MR) is 95.3 cm³/mol. The molecular formula is C19H25F2N3O. The Kier molecular flexibility index (Phi) is 6.03. The second-order valence-corrected chi connectivity index (χ2v) is 6.74. The fraction of sp³-hybridized carbons (Fsp3) is 0.526. The monoisotopic (exact) mass is 349 g/mol. The number of halogens is 2. The van der Waals surface area contributed by atoms with E-state index in [2.05, 4.69) is 9.98 Å². The lowest BCUT2D eigenvalue weighted by Crippen LogP contribution is -2.38. The van der Waals surface area contributed by atoms with E-state index in [9.17, 15) is 13.6 Å². The third-order valence-electron chi connectivity index (χ3n) is 4.49. The van der Waals surface area contributed by atoms with Gasteiger partial charge in [-0.3, -0.25) is 4.79 Å². The SMILES string of the molecule is CC(=O)N1CCCC(/C(C)=C/C(C)=Nc2cc(C(C)(F)F)ccn2)C1. The Labute approximate surface area is 147 Å². The first-order chi connectivity index (χ1) is 11.7. The van der Waals surface area contributed by atoms with Crippen molar-refractivity contribution >= 4 is 17.4 Å². The zero-order valence-corrected chi connectivity index (χ0v) is 15.2. The fourth-order valence-corrected chi connectivity index (χ4v) is 3.05. The Morgan fingerprint density at radius 1 is 1.40 bits per heavy atom. The van der Waals surface area contributed by atoms with E-state index in [0.717, 1.165) is 38.4 Å². The molecule has 0 bridgehead atoms. The number of hydrogen-bond donors (Lipinski definition) is 0. The topological polar surface area (TPSA) is 45.6 Å². The normalized spacial score (nSPS) is 19.9. The van der Waals surface area contributed by atoms with E-state index >= 15 is 0 Å². The van der Waals surface area contributed by atoms with Crippen molar-refractivity contribution in [3.63, 3.8) is 0 Å². The highest BCUT2D eigenvalue weighted by Crippen LogP contribution is 2.28. The summed E-state index contributed by atoms with van der Waals surface area (Å²) in [7, 11) is 0. The van der Waals surface area contributed by atoms with Gasteiger partial charge in [0.05, 0.1) is 0 Å². The standard InChI is InChI=1S/C19H25F2N3O/c1-13(16-6-5-9-24(12-16)15(3)25)10-14(2)23-18-11-17(7-8-22-18)19(4,20)21/h7-8,10-11,16H,5-6,9,12H2,1-4H3/b13-10+,23-14?. The van der Waals surface area contributed by atoms with E-state index in [4.69, 9.17) is 0 Å². The van der Waals surface area contributed by atoms with Crippen molar-refractivity contribution in [3.05, 3.63) is 35.5 Å². The maximum atomic E-state index is 13.4. The molecule has 0 aliphatic carbocycles. The van der Waals surface area contributed by atoms with Crippen molar-refractivity contribution in [1.82, 2.24) is 9.88 Å².